The van der Waals surface area contributed by atoms with Crippen molar-refractivity contribution in [2.45, 2.75) is 19.4 Å². The lowest BCUT2D eigenvalue weighted by Crippen LogP contribution is -2.33. The Labute approximate surface area is 209 Å². The Morgan fingerprint density at radius 2 is 1.58 bits per heavy atom. The number of benzene rings is 3. The number of aromatic nitrogens is 2. The number of carbonyl (C=O) groups is 2. The van der Waals surface area contributed by atoms with Crippen molar-refractivity contribution in [3.8, 4) is 11.4 Å². The van der Waals surface area contributed by atoms with Gasteiger partial charge in [-0.3, -0.25) is 14.4 Å². The van der Waals surface area contributed by atoms with Crippen molar-refractivity contribution in [2.24, 2.45) is 0 Å². The minimum atomic E-state index is -0.415. The van der Waals surface area contributed by atoms with Crippen LogP contribution in [0.1, 0.15) is 35.4 Å². The quantitative estimate of drug-likeness (QED) is 0.411. The highest BCUT2D eigenvalue weighted by molar-refractivity contribution is 6.05. The number of likely N-dealkylation sites (N-methyl/N-ethyl adjacent to an activating group) is 1. The van der Waals surface area contributed by atoms with Gasteiger partial charge in [0.25, 0.3) is 17.4 Å². The van der Waals surface area contributed by atoms with E-state index in [-0.39, 0.29) is 23.8 Å². The molecule has 0 fully saturated rings. The molecule has 8 nitrogen and oxygen atoms in total. The fraction of sp³-hybridized carbons (Fsp3) is 0.214. The molecule has 1 N–H and O–H groups in total. The molecule has 36 heavy (non-hydrogen) atoms. The van der Waals surface area contributed by atoms with Crippen molar-refractivity contribution in [2.75, 3.05) is 20.7 Å². The fourth-order valence-electron chi connectivity index (χ4n) is 3.90. The topological polar surface area (TPSA) is 93.5 Å². The van der Waals surface area contributed by atoms with Gasteiger partial charge in [-0.1, -0.05) is 61.5 Å². The number of ether oxygens (including phenoxy) is 1. The number of nitrogens with zero attached hydrogens (tertiary/aromatic N) is 3. The van der Waals surface area contributed by atoms with E-state index in [0.29, 0.717) is 28.6 Å². The van der Waals surface area contributed by atoms with Crippen LogP contribution in [-0.4, -0.2) is 47.2 Å². The smallest absolute Gasteiger partial charge is 0.279 e. The molecule has 0 bridgehead atoms. The van der Waals surface area contributed by atoms with E-state index in [2.05, 4.69) is 10.4 Å². The normalized spacial score (nSPS) is 11.6. The summed E-state index contributed by atoms with van der Waals surface area (Å²) in [5.74, 6) is -0.0606. The molecule has 1 atom stereocenters. The lowest BCUT2D eigenvalue weighted by atomic mass is 10.0. The molecule has 4 aromatic rings. The largest absolute Gasteiger partial charge is 0.483 e. The van der Waals surface area contributed by atoms with E-state index in [1.807, 2.05) is 43.3 Å². The maximum atomic E-state index is 13.6. The van der Waals surface area contributed by atoms with Gasteiger partial charge in [0.15, 0.2) is 12.3 Å². The van der Waals surface area contributed by atoms with Crippen molar-refractivity contribution in [1.29, 1.82) is 0 Å². The summed E-state index contributed by atoms with van der Waals surface area (Å²) in [6.45, 7) is 1.84. The molecule has 2 amide bonds. The van der Waals surface area contributed by atoms with Crippen LogP contribution in [0, 0.1) is 0 Å². The second-order valence-electron chi connectivity index (χ2n) is 8.50. The van der Waals surface area contributed by atoms with Crippen molar-refractivity contribution in [1.82, 2.24) is 20.0 Å². The van der Waals surface area contributed by atoms with Crippen molar-refractivity contribution < 1.29 is 14.3 Å². The second kappa shape index (κ2) is 10.9. The number of hydrogen-bond acceptors (Lipinski definition) is 5. The molecule has 0 aliphatic carbocycles. The van der Waals surface area contributed by atoms with E-state index in [9.17, 15) is 14.4 Å². The van der Waals surface area contributed by atoms with Gasteiger partial charge in [-0.2, -0.15) is 9.78 Å². The van der Waals surface area contributed by atoms with Crippen LogP contribution >= 0.6 is 0 Å². The zero-order valence-corrected chi connectivity index (χ0v) is 20.5. The summed E-state index contributed by atoms with van der Waals surface area (Å²) in [5, 5.41) is 8.39. The third kappa shape index (κ3) is 5.12. The highest BCUT2D eigenvalue weighted by Crippen LogP contribution is 2.28. The third-order valence-electron chi connectivity index (χ3n) is 5.88. The van der Waals surface area contributed by atoms with E-state index in [0.717, 1.165) is 5.56 Å². The van der Waals surface area contributed by atoms with Crippen molar-refractivity contribution >= 4 is 22.6 Å². The summed E-state index contributed by atoms with van der Waals surface area (Å²) in [6, 6.07) is 22.9. The maximum absolute atomic E-state index is 13.6. The van der Waals surface area contributed by atoms with Crippen molar-refractivity contribution in [3.63, 3.8) is 0 Å². The monoisotopic (exact) mass is 484 g/mol. The molecule has 1 heterocycles. The molecule has 0 aliphatic rings. The molecule has 1 aromatic heterocycles. The van der Waals surface area contributed by atoms with Crippen LogP contribution in [0.25, 0.3) is 16.5 Å². The lowest BCUT2D eigenvalue weighted by molar-refractivity contribution is -0.130. The molecule has 0 radical (unpaired) electrons. The van der Waals surface area contributed by atoms with Crippen LogP contribution in [0.2, 0.25) is 0 Å². The zero-order chi connectivity index (χ0) is 25.7. The number of fused-ring (bicyclic) bond motifs is 1. The van der Waals surface area contributed by atoms with Crippen molar-refractivity contribution in [3.05, 3.63) is 100 Å². The lowest BCUT2D eigenvalue weighted by Gasteiger charge is -2.21. The van der Waals surface area contributed by atoms with Gasteiger partial charge in [-0.15, -0.1) is 0 Å². The average molecular weight is 485 g/mol. The first-order chi connectivity index (χ1) is 17.4. The first kappa shape index (κ1) is 24.7. The Bertz CT molecular complexity index is 1450. The Kier molecular flexibility index (Phi) is 7.44. The molecule has 184 valence electrons. The molecule has 0 aliphatic heterocycles. The first-order valence-electron chi connectivity index (χ1n) is 11.7. The Morgan fingerprint density at radius 3 is 2.28 bits per heavy atom. The molecule has 0 spiro atoms. The Balaban J connectivity index is 1.70. The van der Waals surface area contributed by atoms with Gasteiger partial charge >= 0.3 is 0 Å². The number of rotatable bonds is 8. The maximum Gasteiger partial charge on any atom is 0.279 e. The van der Waals surface area contributed by atoms with Crippen LogP contribution in [0.15, 0.2) is 83.7 Å². The predicted molar refractivity (Wildman–Crippen MR) is 138 cm³/mol. The molecule has 8 heteroatoms. The number of amides is 2. The molecule has 4 rings (SSSR count). The predicted octanol–water partition coefficient (Wildman–Crippen LogP) is 3.73. The van der Waals surface area contributed by atoms with E-state index in [4.69, 9.17) is 4.74 Å². The molecule has 0 saturated heterocycles. The highest BCUT2D eigenvalue weighted by atomic mass is 16.5. The van der Waals surface area contributed by atoms with Crippen LogP contribution in [0.3, 0.4) is 0 Å². The molecule has 0 saturated carbocycles. The van der Waals surface area contributed by atoms with Crippen LogP contribution < -0.4 is 15.6 Å². The van der Waals surface area contributed by atoms with Crippen LogP contribution in [-0.2, 0) is 4.79 Å². The first-order valence-corrected chi connectivity index (χ1v) is 11.7. The van der Waals surface area contributed by atoms with Crippen LogP contribution in [0.5, 0.6) is 5.75 Å². The third-order valence-corrected chi connectivity index (χ3v) is 5.88. The summed E-state index contributed by atoms with van der Waals surface area (Å²) in [4.78, 5) is 40.2. The van der Waals surface area contributed by atoms with E-state index >= 15 is 0 Å². The minimum absolute atomic E-state index is 0.109. The van der Waals surface area contributed by atoms with Gasteiger partial charge < -0.3 is 15.0 Å². The summed E-state index contributed by atoms with van der Waals surface area (Å²) >= 11 is 0. The van der Waals surface area contributed by atoms with Gasteiger partial charge in [-0.25, -0.2) is 0 Å². The second-order valence-corrected chi connectivity index (χ2v) is 8.50. The SMILES string of the molecule is CCC(NC(=O)c1nn(-c2ccccc2)c(=O)c2ccccc12)c1ccccc1OCC(=O)N(C)C. The van der Waals surface area contributed by atoms with Gasteiger partial charge in [0, 0.05) is 25.0 Å². The average Bonchev–Trinajstić information content (AvgIpc) is 2.91. The summed E-state index contributed by atoms with van der Waals surface area (Å²) < 4.78 is 7.04. The van der Waals surface area contributed by atoms with E-state index < -0.39 is 11.9 Å². The van der Waals surface area contributed by atoms with Crippen LogP contribution in [0.4, 0.5) is 0 Å². The molecular formula is C28H28N4O4. The Morgan fingerprint density at radius 1 is 0.944 bits per heavy atom. The molecule has 3 aromatic carbocycles. The highest BCUT2D eigenvalue weighted by Gasteiger charge is 2.22. The van der Waals surface area contributed by atoms with Gasteiger partial charge in [0.2, 0.25) is 0 Å². The molecule has 1 unspecified atom stereocenters. The Hall–Kier alpha value is -4.46. The standard InChI is InChI=1S/C28H28N4O4/c1-4-23(22-16-10-11-17-24(22)36-18-25(33)31(2)3)29-27(34)26-20-14-8-9-15-21(20)28(35)32(30-26)19-12-6-5-7-13-19/h5-17,23H,4,18H2,1-3H3,(H,29,34). The van der Waals surface area contributed by atoms with E-state index in [1.54, 1.807) is 56.6 Å². The summed E-state index contributed by atoms with van der Waals surface area (Å²) in [6.07, 6.45) is 0.573. The number of nitrogens with one attached hydrogen (secondary N) is 1. The zero-order valence-electron chi connectivity index (χ0n) is 20.5. The minimum Gasteiger partial charge on any atom is -0.483 e. The molecular weight excluding hydrogens is 456 g/mol. The van der Waals surface area contributed by atoms with Gasteiger partial charge in [0.05, 0.1) is 17.1 Å². The number of carbonyl (C=O) groups excluding carboxylic acids is 2. The fourth-order valence-corrected chi connectivity index (χ4v) is 3.90. The summed E-state index contributed by atoms with van der Waals surface area (Å²) in [7, 11) is 3.33. The number of hydrogen-bond donors (Lipinski definition) is 1. The van der Waals surface area contributed by atoms with E-state index in [1.165, 1.54) is 9.58 Å². The van der Waals surface area contributed by atoms with Gasteiger partial charge in [-0.05, 0) is 30.7 Å². The number of para-hydroxylation sites is 2. The summed E-state index contributed by atoms with van der Waals surface area (Å²) in [5.41, 5.74) is 1.16. The van der Waals surface area contributed by atoms with Gasteiger partial charge in [0.1, 0.15) is 5.75 Å².